The second-order valence-electron chi connectivity index (χ2n) is 9.31. The normalized spacial score (nSPS) is 20.6. The summed E-state index contributed by atoms with van der Waals surface area (Å²) < 4.78 is 27.9. The lowest BCUT2D eigenvalue weighted by atomic mass is 9.98. The van der Waals surface area contributed by atoms with Crippen molar-refractivity contribution in [3.63, 3.8) is 0 Å². The minimum absolute atomic E-state index is 0.204. The summed E-state index contributed by atoms with van der Waals surface area (Å²) in [4.78, 5) is 26.6. The molecule has 1 N–H and O–H groups in total. The summed E-state index contributed by atoms with van der Waals surface area (Å²) in [6.07, 6.45) is 6.43. The number of sulfonamides is 1. The number of anilines is 2. The second kappa shape index (κ2) is 9.70. The standard InChI is InChI=1S/C24H28ClN7O3S/c1-26-17-10-12-30(14-17)23-9-8-22-27-20(15-32(22)28-23)21-5-3-4-11-31(21)24(33)18-13-16(25)6-7-19(18)29-36(2,34)35/h6-9,13,15,17,21,29H,1,3-5,10-12,14H2,2H3/t17-,21-/m0/s1. The maximum Gasteiger partial charge on any atom is 0.256 e. The van der Waals surface area contributed by atoms with Gasteiger partial charge in [-0.25, -0.2) is 17.9 Å². The maximum atomic E-state index is 13.7. The number of likely N-dealkylation sites (tertiary alicyclic amines) is 1. The molecule has 0 spiro atoms. The van der Waals surface area contributed by atoms with E-state index in [9.17, 15) is 13.2 Å². The molecule has 2 atom stereocenters. The Hall–Kier alpha value is -3.18. The molecule has 3 aromatic rings. The van der Waals surface area contributed by atoms with Gasteiger partial charge in [0.15, 0.2) is 5.65 Å². The van der Waals surface area contributed by atoms with Crippen LogP contribution in [0.15, 0.2) is 41.5 Å². The van der Waals surface area contributed by atoms with Crippen LogP contribution < -0.4 is 9.62 Å². The maximum absolute atomic E-state index is 13.7. The molecule has 1 amide bonds. The summed E-state index contributed by atoms with van der Waals surface area (Å²) in [5.41, 5.74) is 1.87. The van der Waals surface area contributed by atoms with Gasteiger partial charge in [0, 0.05) is 24.7 Å². The third-order valence-electron chi connectivity index (χ3n) is 6.68. The summed E-state index contributed by atoms with van der Waals surface area (Å²) in [6.45, 7) is 5.86. The van der Waals surface area contributed by atoms with Gasteiger partial charge in [0.2, 0.25) is 10.0 Å². The van der Waals surface area contributed by atoms with Crippen LogP contribution in [0.4, 0.5) is 11.5 Å². The van der Waals surface area contributed by atoms with E-state index < -0.39 is 10.0 Å². The molecule has 5 rings (SSSR count). The Morgan fingerprint density at radius 1 is 1.19 bits per heavy atom. The SMILES string of the molecule is C=N[C@H]1CCN(c2ccc3nc([C@@H]4CCCCN4C(=O)c4cc(Cl)ccc4NS(C)(=O)=O)cn3n2)C1. The van der Waals surface area contributed by atoms with Gasteiger partial charge in [-0.1, -0.05) is 11.6 Å². The van der Waals surface area contributed by atoms with Crippen LogP contribution in [0.2, 0.25) is 5.02 Å². The number of piperidine rings is 1. The molecule has 1 aromatic carbocycles. The highest BCUT2D eigenvalue weighted by molar-refractivity contribution is 7.92. The molecule has 2 aliphatic rings. The Bertz CT molecular complexity index is 1420. The van der Waals surface area contributed by atoms with Crippen molar-refractivity contribution in [2.75, 3.05) is 35.5 Å². The highest BCUT2D eigenvalue weighted by Crippen LogP contribution is 2.34. The molecule has 10 nitrogen and oxygen atoms in total. The van der Waals surface area contributed by atoms with Crippen molar-refractivity contribution in [1.29, 1.82) is 0 Å². The highest BCUT2D eigenvalue weighted by atomic mass is 35.5. The molecule has 0 saturated carbocycles. The number of carbonyl (C=O) groups is 1. The smallest absolute Gasteiger partial charge is 0.256 e. The average Bonchev–Trinajstić information content (AvgIpc) is 3.50. The van der Waals surface area contributed by atoms with E-state index in [1.54, 1.807) is 15.5 Å². The van der Waals surface area contributed by atoms with E-state index >= 15 is 0 Å². The summed E-state index contributed by atoms with van der Waals surface area (Å²) in [5, 5.41) is 5.11. The molecule has 2 aliphatic heterocycles. The van der Waals surface area contributed by atoms with Crippen LogP contribution in [0.3, 0.4) is 0 Å². The summed E-state index contributed by atoms with van der Waals surface area (Å²) in [6, 6.07) is 8.41. The monoisotopic (exact) mass is 529 g/mol. The molecule has 2 aromatic heterocycles. The zero-order valence-electron chi connectivity index (χ0n) is 20.0. The Labute approximate surface area is 215 Å². The number of aromatic nitrogens is 3. The van der Waals surface area contributed by atoms with Crippen LogP contribution in [-0.4, -0.2) is 72.5 Å². The number of aliphatic imine (C=N–C) groups is 1. The summed E-state index contributed by atoms with van der Waals surface area (Å²) >= 11 is 6.18. The van der Waals surface area contributed by atoms with E-state index in [-0.39, 0.29) is 29.2 Å². The number of halogens is 1. The van der Waals surface area contributed by atoms with Gasteiger partial charge < -0.3 is 9.80 Å². The second-order valence-corrected chi connectivity index (χ2v) is 11.5. The van der Waals surface area contributed by atoms with Crippen molar-refractivity contribution in [2.24, 2.45) is 4.99 Å². The number of rotatable bonds is 6. The molecule has 4 heterocycles. The van der Waals surface area contributed by atoms with Gasteiger partial charge >= 0.3 is 0 Å². The zero-order chi connectivity index (χ0) is 25.4. The Kier molecular flexibility index (Phi) is 6.60. The van der Waals surface area contributed by atoms with Crippen LogP contribution in [0.1, 0.15) is 47.8 Å². The van der Waals surface area contributed by atoms with Crippen molar-refractivity contribution in [2.45, 2.75) is 37.8 Å². The van der Waals surface area contributed by atoms with Crippen LogP contribution in [-0.2, 0) is 10.0 Å². The van der Waals surface area contributed by atoms with E-state index in [1.807, 2.05) is 18.3 Å². The van der Waals surface area contributed by atoms with E-state index in [0.29, 0.717) is 17.2 Å². The van der Waals surface area contributed by atoms with Gasteiger partial charge in [-0.3, -0.25) is 14.5 Å². The Morgan fingerprint density at radius 3 is 2.78 bits per heavy atom. The first kappa shape index (κ1) is 24.5. The Morgan fingerprint density at radius 2 is 2.03 bits per heavy atom. The van der Waals surface area contributed by atoms with Crippen LogP contribution in [0.25, 0.3) is 5.65 Å². The fourth-order valence-corrected chi connectivity index (χ4v) is 5.69. The molecule has 12 heteroatoms. The average molecular weight is 530 g/mol. The quantitative estimate of drug-likeness (QED) is 0.490. The Balaban J connectivity index is 1.45. The first-order valence-electron chi connectivity index (χ1n) is 11.9. The number of amides is 1. The lowest BCUT2D eigenvalue weighted by Gasteiger charge is -2.35. The molecule has 190 valence electrons. The fourth-order valence-electron chi connectivity index (χ4n) is 4.94. The lowest BCUT2D eigenvalue weighted by Crippen LogP contribution is -2.39. The number of benzene rings is 1. The van der Waals surface area contributed by atoms with Gasteiger partial charge in [-0.15, -0.1) is 5.10 Å². The van der Waals surface area contributed by atoms with Crippen molar-refractivity contribution < 1.29 is 13.2 Å². The largest absolute Gasteiger partial charge is 0.353 e. The van der Waals surface area contributed by atoms with Crippen molar-refractivity contribution in [1.82, 2.24) is 19.5 Å². The van der Waals surface area contributed by atoms with Crippen molar-refractivity contribution >= 4 is 51.4 Å². The van der Waals surface area contributed by atoms with Gasteiger partial charge in [-0.05, 0) is 62.7 Å². The molecule has 2 fully saturated rings. The lowest BCUT2D eigenvalue weighted by molar-refractivity contribution is 0.0607. The molecule has 36 heavy (non-hydrogen) atoms. The van der Waals surface area contributed by atoms with Crippen LogP contribution >= 0.6 is 11.6 Å². The first-order chi connectivity index (χ1) is 17.2. The van der Waals surface area contributed by atoms with E-state index in [4.69, 9.17) is 21.7 Å². The molecule has 0 bridgehead atoms. The van der Waals surface area contributed by atoms with Crippen LogP contribution in [0.5, 0.6) is 0 Å². The number of nitrogens with one attached hydrogen (secondary N) is 1. The molecule has 2 saturated heterocycles. The molecule has 0 aliphatic carbocycles. The number of imidazole rings is 1. The number of hydrogen-bond donors (Lipinski definition) is 1. The van der Waals surface area contributed by atoms with E-state index in [0.717, 1.165) is 56.5 Å². The molecule has 0 radical (unpaired) electrons. The highest BCUT2D eigenvalue weighted by Gasteiger charge is 2.32. The number of hydrogen-bond acceptors (Lipinski definition) is 7. The van der Waals surface area contributed by atoms with Gasteiger partial charge in [0.05, 0.1) is 41.5 Å². The molecule has 0 unspecified atom stereocenters. The van der Waals surface area contributed by atoms with Crippen molar-refractivity contribution in [3.05, 3.63) is 52.8 Å². The van der Waals surface area contributed by atoms with Crippen LogP contribution in [0, 0.1) is 0 Å². The van der Waals surface area contributed by atoms with E-state index in [1.165, 1.54) is 12.1 Å². The van der Waals surface area contributed by atoms with E-state index in [2.05, 4.69) is 21.3 Å². The fraction of sp³-hybridized carbons (Fsp3) is 0.417. The zero-order valence-corrected chi connectivity index (χ0v) is 21.5. The number of fused-ring (bicyclic) bond motifs is 1. The van der Waals surface area contributed by atoms with Gasteiger partial charge in [0.1, 0.15) is 5.82 Å². The van der Waals surface area contributed by atoms with Gasteiger partial charge in [-0.2, -0.15) is 0 Å². The number of nitrogens with zero attached hydrogens (tertiary/aromatic N) is 6. The summed E-state index contributed by atoms with van der Waals surface area (Å²) in [7, 11) is -3.58. The predicted octanol–water partition coefficient (Wildman–Crippen LogP) is 3.40. The third kappa shape index (κ3) is 5.03. The summed E-state index contributed by atoms with van der Waals surface area (Å²) in [5.74, 6) is 0.559. The minimum Gasteiger partial charge on any atom is -0.353 e. The van der Waals surface area contributed by atoms with Crippen molar-refractivity contribution in [3.8, 4) is 0 Å². The third-order valence-corrected chi connectivity index (χ3v) is 7.51. The topological polar surface area (TPSA) is 112 Å². The minimum atomic E-state index is -3.58. The molecular weight excluding hydrogens is 502 g/mol. The predicted molar refractivity (Wildman–Crippen MR) is 141 cm³/mol. The number of carbonyl (C=O) groups excluding carboxylic acids is 1. The molecular formula is C24H28ClN7O3S. The van der Waals surface area contributed by atoms with Gasteiger partial charge in [0.25, 0.3) is 5.91 Å². The first-order valence-corrected chi connectivity index (χ1v) is 14.1.